The van der Waals surface area contributed by atoms with Crippen LogP contribution in [-0.2, 0) is 0 Å². The first-order valence-corrected chi connectivity index (χ1v) is 7.52. The second-order valence-corrected chi connectivity index (χ2v) is 6.50. The van der Waals surface area contributed by atoms with Gasteiger partial charge in [0.2, 0.25) is 0 Å². The van der Waals surface area contributed by atoms with E-state index in [1.807, 2.05) is 18.2 Å². The second-order valence-electron chi connectivity index (χ2n) is 4.40. The van der Waals surface area contributed by atoms with Crippen LogP contribution in [0.15, 0.2) is 22.7 Å². The number of Topliss-reactive ketones (excluding diaryl/α,β-unsaturated/α-hetero) is 1. The zero-order valence-electron chi connectivity index (χ0n) is 9.01. The Morgan fingerprint density at radius 3 is 2.75 bits per heavy atom. The van der Waals surface area contributed by atoms with Crippen LogP contribution in [-0.4, -0.2) is 5.78 Å². The number of hydrogen-bond donors (Lipinski definition) is 0. The van der Waals surface area contributed by atoms with Crippen LogP contribution in [0.5, 0.6) is 0 Å². The van der Waals surface area contributed by atoms with Crippen LogP contribution >= 0.6 is 38.5 Å². The fraction of sp³-hybridized carbons (Fsp3) is 0.462. The molecule has 0 unspecified atom stereocenters. The summed E-state index contributed by atoms with van der Waals surface area (Å²) in [5.74, 6) is 0.912. The number of carbonyl (C=O) groups is 1. The topological polar surface area (TPSA) is 17.1 Å². The molecule has 16 heavy (non-hydrogen) atoms. The van der Waals surface area contributed by atoms with Crippen molar-refractivity contribution in [3.05, 3.63) is 31.8 Å². The Morgan fingerprint density at radius 1 is 1.38 bits per heavy atom. The normalized spacial score (nSPS) is 16.6. The maximum Gasteiger partial charge on any atom is 0.164 e. The van der Waals surface area contributed by atoms with E-state index in [2.05, 4.69) is 38.5 Å². The lowest BCUT2D eigenvalue weighted by molar-refractivity contribution is 0.0961. The van der Waals surface area contributed by atoms with Crippen molar-refractivity contribution < 1.29 is 4.79 Å². The fourth-order valence-corrected chi connectivity index (χ4v) is 3.26. The van der Waals surface area contributed by atoms with Crippen LogP contribution in [0.4, 0.5) is 0 Å². The summed E-state index contributed by atoms with van der Waals surface area (Å²) < 4.78 is 2.05. The highest BCUT2D eigenvalue weighted by atomic mass is 127. The molecule has 1 nitrogen and oxygen atoms in total. The Kier molecular flexibility index (Phi) is 4.41. The molecule has 0 bridgehead atoms. The highest BCUT2D eigenvalue weighted by Crippen LogP contribution is 2.30. The Morgan fingerprint density at radius 2 is 2.06 bits per heavy atom. The van der Waals surface area contributed by atoms with Gasteiger partial charge in [0.1, 0.15) is 0 Å². The van der Waals surface area contributed by atoms with Crippen molar-refractivity contribution in [1.82, 2.24) is 0 Å². The van der Waals surface area contributed by atoms with Crippen molar-refractivity contribution in [3.63, 3.8) is 0 Å². The van der Waals surface area contributed by atoms with Crippen molar-refractivity contribution in [1.29, 1.82) is 0 Å². The van der Waals surface area contributed by atoms with E-state index in [9.17, 15) is 4.79 Å². The smallest absolute Gasteiger partial charge is 0.164 e. The van der Waals surface area contributed by atoms with Gasteiger partial charge < -0.3 is 0 Å². The van der Waals surface area contributed by atoms with Gasteiger partial charge in [-0.15, -0.1) is 0 Å². The second kappa shape index (κ2) is 5.63. The van der Waals surface area contributed by atoms with E-state index in [0.29, 0.717) is 5.92 Å². The molecule has 0 aliphatic heterocycles. The maximum atomic E-state index is 12.1. The van der Waals surface area contributed by atoms with Crippen LogP contribution in [0.3, 0.4) is 0 Å². The molecule has 86 valence electrons. The molecule has 1 fully saturated rings. The van der Waals surface area contributed by atoms with E-state index >= 15 is 0 Å². The number of rotatable bonds is 3. The summed E-state index contributed by atoms with van der Waals surface area (Å²) in [6, 6.07) is 5.95. The van der Waals surface area contributed by atoms with Gasteiger partial charge in [-0.1, -0.05) is 41.6 Å². The zero-order valence-corrected chi connectivity index (χ0v) is 12.8. The first-order valence-electron chi connectivity index (χ1n) is 5.65. The molecule has 2 rings (SSSR count). The van der Waals surface area contributed by atoms with Gasteiger partial charge in [-0.3, -0.25) is 4.79 Å². The third-order valence-corrected chi connectivity index (χ3v) is 4.54. The van der Waals surface area contributed by atoms with Crippen molar-refractivity contribution in [2.75, 3.05) is 0 Å². The Balaban J connectivity index is 2.10. The summed E-state index contributed by atoms with van der Waals surface area (Å²) in [5, 5.41) is 0. The summed E-state index contributed by atoms with van der Waals surface area (Å²) in [6.45, 7) is 0. The third kappa shape index (κ3) is 3.06. The van der Waals surface area contributed by atoms with Gasteiger partial charge in [-0.2, -0.15) is 0 Å². The molecule has 0 N–H and O–H groups in total. The van der Waals surface area contributed by atoms with Crippen LogP contribution in [0.2, 0.25) is 0 Å². The van der Waals surface area contributed by atoms with Crippen molar-refractivity contribution in [2.45, 2.75) is 32.1 Å². The Bertz CT molecular complexity index is 397. The van der Waals surface area contributed by atoms with Gasteiger partial charge in [0.25, 0.3) is 0 Å². The molecule has 1 saturated carbocycles. The molecular weight excluding hydrogens is 379 g/mol. The third-order valence-electron chi connectivity index (χ3n) is 3.18. The zero-order chi connectivity index (χ0) is 11.5. The lowest BCUT2D eigenvalue weighted by Gasteiger charge is -2.09. The predicted octanol–water partition coefficient (Wildman–Crippen LogP) is 4.82. The molecule has 0 radical (unpaired) electrons. The summed E-state index contributed by atoms with van der Waals surface area (Å²) in [6.07, 6.45) is 5.77. The summed E-state index contributed by atoms with van der Waals surface area (Å²) in [7, 11) is 0. The molecule has 1 aromatic rings. The number of benzene rings is 1. The van der Waals surface area contributed by atoms with E-state index in [1.165, 1.54) is 25.7 Å². The van der Waals surface area contributed by atoms with Crippen LogP contribution in [0.1, 0.15) is 42.5 Å². The van der Waals surface area contributed by atoms with E-state index in [1.54, 1.807) is 0 Å². The standard InChI is InChI=1S/C13H14BrIO/c14-12-6-5-10(15)8-11(12)13(16)7-9-3-1-2-4-9/h5-6,8-9H,1-4,7H2. The lowest BCUT2D eigenvalue weighted by Crippen LogP contribution is -2.06. The minimum atomic E-state index is 0.289. The maximum absolute atomic E-state index is 12.1. The molecule has 3 heteroatoms. The minimum Gasteiger partial charge on any atom is -0.294 e. The molecule has 0 aromatic heterocycles. The molecule has 1 aromatic carbocycles. The largest absolute Gasteiger partial charge is 0.294 e. The van der Waals surface area contributed by atoms with E-state index in [-0.39, 0.29) is 5.78 Å². The Hall–Kier alpha value is 0.1000. The monoisotopic (exact) mass is 392 g/mol. The molecule has 1 aliphatic carbocycles. The summed E-state index contributed by atoms with van der Waals surface area (Å²) in [5.41, 5.74) is 0.846. The highest BCUT2D eigenvalue weighted by Gasteiger charge is 2.20. The van der Waals surface area contributed by atoms with Crippen molar-refractivity contribution in [3.8, 4) is 0 Å². The van der Waals surface area contributed by atoms with E-state index in [4.69, 9.17) is 0 Å². The van der Waals surface area contributed by atoms with Gasteiger partial charge >= 0.3 is 0 Å². The van der Waals surface area contributed by atoms with Gasteiger partial charge in [0.05, 0.1) is 0 Å². The van der Waals surface area contributed by atoms with E-state index < -0.39 is 0 Å². The molecule has 0 amide bonds. The number of carbonyl (C=O) groups excluding carboxylic acids is 1. The lowest BCUT2D eigenvalue weighted by atomic mass is 9.97. The van der Waals surface area contributed by atoms with Crippen molar-refractivity contribution >= 4 is 44.3 Å². The molecule has 0 heterocycles. The van der Waals surface area contributed by atoms with Crippen LogP contribution in [0, 0.1) is 9.49 Å². The number of halogens is 2. The first kappa shape index (κ1) is 12.6. The summed E-state index contributed by atoms with van der Waals surface area (Å²) >= 11 is 5.70. The minimum absolute atomic E-state index is 0.289. The van der Waals surface area contributed by atoms with E-state index in [0.717, 1.165) is 20.0 Å². The number of ketones is 1. The molecule has 0 spiro atoms. The molecular formula is C13H14BrIO. The van der Waals surface area contributed by atoms with Gasteiger partial charge in [-0.25, -0.2) is 0 Å². The fourth-order valence-electron chi connectivity index (χ4n) is 2.30. The quantitative estimate of drug-likeness (QED) is 0.532. The average Bonchev–Trinajstić information content (AvgIpc) is 2.74. The Labute approximate surface area is 118 Å². The van der Waals surface area contributed by atoms with Gasteiger partial charge in [-0.05, 0) is 46.7 Å². The van der Waals surface area contributed by atoms with Gasteiger partial charge in [0, 0.05) is 20.0 Å². The predicted molar refractivity (Wildman–Crippen MR) is 77.8 cm³/mol. The SMILES string of the molecule is O=C(CC1CCCC1)c1cc(I)ccc1Br. The highest BCUT2D eigenvalue weighted by molar-refractivity contribution is 14.1. The molecule has 0 saturated heterocycles. The average molecular weight is 393 g/mol. The van der Waals surface area contributed by atoms with Crippen LogP contribution in [0.25, 0.3) is 0 Å². The van der Waals surface area contributed by atoms with Gasteiger partial charge in [0.15, 0.2) is 5.78 Å². The molecule has 1 aliphatic rings. The summed E-state index contributed by atoms with van der Waals surface area (Å²) in [4.78, 5) is 12.1. The van der Waals surface area contributed by atoms with Crippen molar-refractivity contribution in [2.24, 2.45) is 5.92 Å². The molecule has 0 atom stereocenters. The first-order chi connectivity index (χ1) is 7.66. The number of hydrogen-bond acceptors (Lipinski definition) is 1. The van der Waals surface area contributed by atoms with Crippen LogP contribution < -0.4 is 0 Å².